The SMILES string of the molecule is CNC(=O)C1CN(S(=O)(=O)c2cn(C)nc2C)CCN1C(C)C. The van der Waals surface area contributed by atoms with Gasteiger partial charge in [-0.05, 0) is 20.8 Å². The molecule has 1 N–H and O–H groups in total. The topological polar surface area (TPSA) is 87.5 Å². The van der Waals surface area contributed by atoms with Gasteiger partial charge in [-0.3, -0.25) is 14.4 Å². The predicted octanol–water partition coefficient (Wildman–Crippen LogP) is -0.442. The Balaban J connectivity index is 2.31. The van der Waals surface area contributed by atoms with Crippen LogP contribution in [0.25, 0.3) is 0 Å². The van der Waals surface area contributed by atoms with Crippen LogP contribution in [0.5, 0.6) is 0 Å². The fraction of sp³-hybridized carbons (Fsp3) is 0.714. The monoisotopic (exact) mass is 343 g/mol. The van der Waals surface area contributed by atoms with E-state index in [2.05, 4.69) is 10.4 Å². The van der Waals surface area contributed by atoms with E-state index in [1.165, 1.54) is 15.2 Å². The van der Waals surface area contributed by atoms with Crippen molar-refractivity contribution in [2.45, 2.75) is 37.8 Å². The molecule has 1 saturated heterocycles. The standard InChI is InChI=1S/C14H25N5O3S/c1-10(2)19-7-6-18(8-12(19)14(20)15-4)23(21,22)13-9-17(5)16-11(13)3/h9-10,12H,6-8H2,1-5H3,(H,15,20). The molecule has 2 rings (SSSR count). The number of amides is 1. The summed E-state index contributed by atoms with van der Waals surface area (Å²) < 4.78 is 28.6. The van der Waals surface area contributed by atoms with E-state index in [-0.39, 0.29) is 23.4 Å². The van der Waals surface area contributed by atoms with Gasteiger partial charge in [0.05, 0.1) is 5.69 Å². The van der Waals surface area contributed by atoms with Crippen LogP contribution in [0.15, 0.2) is 11.1 Å². The van der Waals surface area contributed by atoms with Gasteiger partial charge in [0.2, 0.25) is 15.9 Å². The zero-order chi connectivity index (χ0) is 17.4. The Labute approximate surface area is 137 Å². The van der Waals surface area contributed by atoms with Crippen LogP contribution in [0.3, 0.4) is 0 Å². The summed E-state index contributed by atoms with van der Waals surface area (Å²) in [5, 5.41) is 6.74. The number of nitrogens with one attached hydrogen (secondary N) is 1. The van der Waals surface area contributed by atoms with E-state index >= 15 is 0 Å². The van der Waals surface area contributed by atoms with Crippen LogP contribution < -0.4 is 5.32 Å². The first-order valence-corrected chi connectivity index (χ1v) is 9.10. The van der Waals surface area contributed by atoms with Crippen molar-refractivity contribution in [2.75, 3.05) is 26.7 Å². The highest BCUT2D eigenvalue weighted by atomic mass is 32.2. The number of aryl methyl sites for hydroxylation is 2. The summed E-state index contributed by atoms with van der Waals surface area (Å²) in [6, 6.07) is -0.317. The maximum absolute atomic E-state index is 12.9. The van der Waals surface area contributed by atoms with E-state index in [4.69, 9.17) is 0 Å². The fourth-order valence-corrected chi connectivity index (χ4v) is 4.62. The molecule has 0 radical (unpaired) electrons. The number of rotatable bonds is 4. The number of hydrogen-bond donors (Lipinski definition) is 1. The summed E-state index contributed by atoms with van der Waals surface area (Å²) in [6.45, 7) is 6.72. The Morgan fingerprint density at radius 1 is 1.39 bits per heavy atom. The van der Waals surface area contributed by atoms with Crippen LogP contribution >= 0.6 is 0 Å². The summed E-state index contributed by atoms with van der Waals surface area (Å²) in [4.78, 5) is 14.4. The Morgan fingerprint density at radius 2 is 2.04 bits per heavy atom. The predicted molar refractivity (Wildman–Crippen MR) is 86.4 cm³/mol. The van der Waals surface area contributed by atoms with Crippen LogP contribution in [0.2, 0.25) is 0 Å². The van der Waals surface area contributed by atoms with Gasteiger partial charge >= 0.3 is 0 Å². The lowest BCUT2D eigenvalue weighted by molar-refractivity contribution is -0.128. The first-order valence-electron chi connectivity index (χ1n) is 7.66. The maximum Gasteiger partial charge on any atom is 0.246 e. The molecule has 0 aliphatic carbocycles. The van der Waals surface area contributed by atoms with E-state index in [1.807, 2.05) is 18.7 Å². The van der Waals surface area contributed by atoms with Gasteiger partial charge in [-0.15, -0.1) is 0 Å². The van der Waals surface area contributed by atoms with Gasteiger partial charge in [-0.25, -0.2) is 8.42 Å². The van der Waals surface area contributed by atoms with Gasteiger partial charge in [-0.2, -0.15) is 9.40 Å². The molecule has 9 heteroatoms. The fourth-order valence-electron chi connectivity index (χ4n) is 2.98. The normalized spacial score (nSPS) is 20.9. The van der Waals surface area contributed by atoms with Gasteiger partial charge in [0.15, 0.2) is 0 Å². The molecule has 0 saturated carbocycles. The van der Waals surface area contributed by atoms with Gasteiger partial charge in [0.1, 0.15) is 10.9 Å². The highest BCUT2D eigenvalue weighted by molar-refractivity contribution is 7.89. The third-order valence-corrected chi connectivity index (χ3v) is 6.15. The lowest BCUT2D eigenvalue weighted by atomic mass is 10.1. The minimum Gasteiger partial charge on any atom is -0.358 e. The average Bonchev–Trinajstić information content (AvgIpc) is 2.85. The van der Waals surface area contributed by atoms with E-state index in [0.717, 1.165) is 0 Å². The van der Waals surface area contributed by atoms with Gasteiger partial charge in [-0.1, -0.05) is 0 Å². The van der Waals surface area contributed by atoms with Crippen molar-refractivity contribution in [3.8, 4) is 0 Å². The molecule has 0 bridgehead atoms. The second-order valence-corrected chi connectivity index (χ2v) is 7.98. The Bertz CT molecular complexity index is 683. The molecule has 2 heterocycles. The maximum atomic E-state index is 12.9. The molecule has 1 amide bonds. The van der Waals surface area contributed by atoms with Crippen LogP contribution in [0, 0.1) is 6.92 Å². The molecule has 1 atom stereocenters. The average molecular weight is 343 g/mol. The van der Waals surface area contributed by atoms with Gasteiger partial charge < -0.3 is 5.32 Å². The first kappa shape index (κ1) is 17.9. The second-order valence-electron chi connectivity index (χ2n) is 6.08. The number of carbonyl (C=O) groups is 1. The molecule has 8 nitrogen and oxygen atoms in total. The molecule has 130 valence electrons. The van der Waals surface area contributed by atoms with Crippen LogP contribution in [-0.2, 0) is 21.9 Å². The molecule has 1 aliphatic rings. The Morgan fingerprint density at radius 3 is 2.52 bits per heavy atom. The molecule has 1 aromatic heterocycles. The van der Waals surface area contributed by atoms with Crippen molar-refractivity contribution in [2.24, 2.45) is 7.05 Å². The number of hydrogen-bond acceptors (Lipinski definition) is 5. The molecular formula is C14H25N5O3S. The van der Waals surface area contributed by atoms with Crippen molar-refractivity contribution in [1.29, 1.82) is 0 Å². The number of sulfonamides is 1. The van der Waals surface area contributed by atoms with Gasteiger partial charge in [0.25, 0.3) is 0 Å². The minimum absolute atomic E-state index is 0.147. The Hall–Kier alpha value is -1.45. The van der Waals surface area contributed by atoms with Crippen molar-refractivity contribution in [1.82, 2.24) is 24.3 Å². The summed E-state index contributed by atoms with van der Waals surface area (Å²) >= 11 is 0. The molecule has 1 fully saturated rings. The van der Waals surface area contributed by atoms with Crippen LogP contribution in [0.1, 0.15) is 19.5 Å². The highest BCUT2D eigenvalue weighted by Gasteiger charge is 2.39. The molecule has 1 aliphatic heterocycles. The van der Waals surface area contributed by atoms with Crippen molar-refractivity contribution < 1.29 is 13.2 Å². The third-order valence-electron chi connectivity index (χ3n) is 4.18. The first-order chi connectivity index (χ1) is 10.7. The minimum atomic E-state index is -3.65. The second kappa shape index (κ2) is 6.58. The molecular weight excluding hydrogens is 318 g/mol. The summed E-state index contributed by atoms with van der Waals surface area (Å²) in [5.74, 6) is -0.165. The largest absolute Gasteiger partial charge is 0.358 e. The number of aromatic nitrogens is 2. The van der Waals surface area contributed by atoms with E-state index < -0.39 is 16.1 Å². The zero-order valence-corrected chi connectivity index (χ0v) is 15.1. The molecule has 1 aromatic rings. The van der Waals surface area contributed by atoms with Crippen LogP contribution in [0.4, 0.5) is 0 Å². The number of nitrogens with zero attached hydrogens (tertiary/aromatic N) is 4. The molecule has 1 unspecified atom stereocenters. The number of piperazine rings is 1. The van der Waals surface area contributed by atoms with Crippen molar-refractivity contribution >= 4 is 15.9 Å². The number of carbonyl (C=O) groups excluding carboxylic acids is 1. The van der Waals surface area contributed by atoms with Gasteiger partial charge in [0, 0.05) is 46.0 Å². The summed E-state index contributed by atoms with van der Waals surface area (Å²) in [6.07, 6.45) is 1.51. The van der Waals surface area contributed by atoms with E-state index in [0.29, 0.717) is 18.8 Å². The quantitative estimate of drug-likeness (QED) is 0.801. The molecule has 23 heavy (non-hydrogen) atoms. The number of likely N-dealkylation sites (N-methyl/N-ethyl adjacent to an activating group) is 1. The van der Waals surface area contributed by atoms with Crippen LogP contribution in [-0.4, -0.2) is 72.1 Å². The van der Waals surface area contributed by atoms with E-state index in [1.54, 1.807) is 21.0 Å². The lowest BCUT2D eigenvalue weighted by Crippen LogP contribution is -2.61. The van der Waals surface area contributed by atoms with Crippen molar-refractivity contribution in [3.63, 3.8) is 0 Å². The lowest BCUT2D eigenvalue weighted by Gasteiger charge is -2.41. The van der Waals surface area contributed by atoms with E-state index in [9.17, 15) is 13.2 Å². The summed E-state index contributed by atoms with van der Waals surface area (Å²) in [5.41, 5.74) is 0.468. The summed E-state index contributed by atoms with van der Waals surface area (Å²) in [7, 11) is -0.393. The zero-order valence-electron chi connectivity index (χ0n) is 14.3. The highest BCUT2D eigenvalue weighted by Crippen LogP contribution is 2.23. The van der Waals surface area contributed by atoms with Crippen molar-refractivity contribution in [3.05, 3.63) is 11.9 Å². The molecule has 0 spiro atoms. The molecule has 0 aromatic carbocycles. The Kier molecular flexibility index (Phi) is 5.12. The third kappa shape index (κ3) is 3.41. The smallest absolute Gasteiger partial charge is 0.246 e.